The van der Waals surface area contributed by atoms with Crippen molar-refractivity contribution in [2.24, 2.45) is 0 Å². The van der Waals surface area contributed by atoms with Gasteiger partial charge in [-0.3, -0.25) is 4.79 Å². The number of anilines is 1. The second-order valence-corrected chi connectivity index (χ2v) is 7.09. The van der Waals surface area contributed by atoms with Crippen LogP contribution in [0.4, 0.5) is 5.69 Å². The summed E-state index contributed by atoms with van der Waals surface area (Å²) in [6, 6.07) is 15.4. The highest BCUT2D eigenvalue weighted by Crippen LogP contribution is 2.26. The van der Waals surface area contributed by atoms with Gasteiger partial charge in [0.25, 0.3) is 5.91 Å². The minimum atomic E-state index is -0.877. The second kappa shape index (κ2) is 7.07. The number of nitrogens with one attached hydrogen (secondary N) is 1. The summed E-state index contributed by atoms with van der Waals surface area (Å²) in [7, 11) is 0. The number of hydrogen-bond donors (Lipinski definition) is 1. The van der Waals surface area contributed by atoms with E-state index < -0.39 is 12.1 Å². The first-order chi connectivity index (χ1) is 11.9. The highest BCUT2D eigenvalue weighted by Gasteiger charge is 2.21. The SMILES string of the molecule is Cc1ccc(C)c(NC(=O)[C@H](C)OC(=O)c2cc3ccccc3s2)c1. The fraction of sp³-hybridized carbons (Fsp3) is 0.200. The van der Waals surface area contributed by atoms with Crippen LogP contribution in [0.25, 0.3) is 10.1 Å². The van der Waals surface area contributed by atoms with E-state index in [0.717, 1.165) is 26.9 Å². The third kappa shape index (κ3) is 3.88. The van der Waals surface area contributed by atoms with Crippen LogP contribution in [-0.4, -0.2) is 18.0 Å². The number of benzene rings is 2. The summed E-state index contributed by atoms with van der Waals surface area (Å²) >= 11 is 1.36. The molecule has 0 bridgehead atoms. The molecule has 0 saturated heterocycles. The molecule has 2 aromatic carbocycles. The van der Waals surface area contributed by atoms with Gasteiger partial charge in [0.05, 0.1) is 0 Å². The summed E-state index contributed by atoms with van der Waals surface area (Å²) in [5.74, 6) is -0.826. The van der Waals surface area contributed by atoms with Gasteiger partial charge in [0.1, 0.15) is 4.88 Å². The van der Waals surface area contributed by atoms with Gasteiger partial charge in [-0.05, 0) is 55.5 Å². The molecular weight excluding hydrogens is 334 g/mol. The average Bonchev–Trinajstić information content (AvgIpc) is 3.02. The van der Waals surface area contributed by atoms with E-state index in [0.29, 0.717) is 4.88 Å². The van der Waals surface area contributed by atoms with Crippen LogP contribution in [0.5, 0.6) is 0 Å². The van der Waals surface area contributed by atoms with E-state index in [1.165, 1.54) is 11.3 Å². The van der Waals surface area contributed by atoms with E-state index in [9.17, 15) is 9.59 Å². The summed E-state index contributed by atoms with van der Waals surface area (Å²) in [4.78, 5) is 25.1. The number of carbonyl (C=O) groups is 2. The van der Waals surface area contributed by atoms with E-state index in [4.69, 9.17) is 4.74 Å². The molecule has 1 amide bonds. The molecule has 4 nitrogen and oxygen atoms in total. The molecule has 128 valence electrons. The molecule has 3 aromatic rings. The quantitative estimate of drug-likeness (QED) is 0.692. The molecule has 1 aromatic heterocycles. The summed E-state index contributed by atoms with van der Waals surface area (Å²) < 4.78 is 6.35. The van der Waals surface area contributed by atoms with Crippen LogP contribution in [0.15, 0.2) is 48.5 Å². The molecule has 0 unspecified atom stereocenters. The standard InChI is InChI=1S/C20H19NO3S/c1-12-8-9-13(2)16(10-12)21-19(22)14(3)24-20(23)18-11-15-6-4-5-7-17(15)25-18/h4-11,14H,1-3H3,(H,21,22)/t14-/m0/s1. The van der Waals surface area contributed by atoms with Gasteiger partial charge in [0, 0.05) is 10.4 Å². The number of hydrogen-bond acceptors (Lipinski definition) is 4. The van der Waals surface area contributed by atoms with Crippen molar-refractivity contribution < 1.29 is 14.3 Å². The summed E-state index contributed by atoms with van der Waals surface area (Å²) in [6.07, 6.45) is -0.877. The van der Waals surface area contributed by atoms with Gasteiger partial charge in [-0.1, -0.05) is 30.3 Å². The van der Waals surface area contributed by atoms with Crippen molar-refractivity contribution in [3.05, 3.63) is 64.5 Å². The number of esters is 1. The highest BCUT2D eigenvalue weighted by molar-refractivity contribution is 7.20. The summed E-state index contributed by atoms with van der Waals surface area (Å²) in [5, 5.41) is 3.81. The van der Waals surface area contributed by atoms with E-state index in [1.807, 2.05) is 56.3 Å². The van der Waals surface area contributed by atoms with Gasteiger partial charge in [-0.2, -0.15) is 0 Å². The topological polar surface area (TPSA) is 55.4 Å². The van der Waals surface area contributed by atoms with Crippen molar-refractivity contribution in [3.63, 3.8) is 0 Å². The summed E-state index contributed by atoms with van der Waals surface area (Å²) in [5.41, 5.74) is 2.74. The molecule has 0 fully saturated rings. The first kappa shape index (κ1) is 17.2. The Morgan fingerprint density at radius 2 is 1.84 bits per heavy atom. The molecule has 0 aliphatic carbocycles. The zero-order chi connectivity index (χ0) is 18.0. The van der Waals surface area contributed by atoms with Crippen LogP contribution < -0.4 is 5.32 Å². The van der Waals surface area contributed by atoms with Gasteiger partial charge >= 0.3 is 5.97 Å². The lowest BCUT2D eigenvalue weighted by Gasteiger charge is -2.14. The van der Waals surface area contributed by atoms with Crippen molar-refractivity contribution in [1.29, 1.82) is 0 Å². The number of thiophene rings is 1. The zero-order valence-corrected chi connectivity index (χ0v) is 15.1. The van der Waals surface area contributed by atoms with Crippen LogP contribution in [0, 0.1) is 13.8 Å². The number of ether oxygens (including phenoxy) is 1. The molecule has 5 heteroatoms. The highest BCUT2D eigenvalue weighted by atomic mass is 32.1. The zero-order valence-electron chi connectivity index (χ0n) is 14.3. The number of amides is 1. The van der Waals surface area contributed by atoms with Gasteiger partial charge in [-0.15, -0.1) is 11.3 Å². The fourth-order valence-corrected chi connectivity index (χ4v) is 3.41. The van der Waals surface area contributed by atoms with Crippen LogP contribution in [0.2, 0.25) is 0 Å². The third-order valence-corrected chi connectivity index (χ3v) is 5.03. The van der Waals surface area contributed by atoms with Crippen molar-refractivity contribution in [2.45, 2.75) is 26.9 Å². The Morgan fingerprint density at radius 1 is 1.08 bits per heavy atom. The second-order valence-electron chi connectivity index (χ2n) is 6.00. The maximum Gasteiger partial charge on any atom is 0.349 e. The van der Waals surface area contributed by atoms with Crippen molar-refractivity contribution >= 4 is 39.0 Å². The van der Waals surface area contributed by atoms with Crippen molar-refractivity contribution in [1.82, 2.24) is 0 Å². The van der Waals surface area contributed by atoms with Gasteiger partial charge < -0.3 is 10.1 Å². The lowest BCUT2D eigenvalue weighted by atomic mass is 10.1. The number of carbonyl (C=O) groups excluding carboxylic acids is 2. The molecular formula is C20H19NO3S. The first-order valence-electron chi connectivity index (χ1n) is 8.02. The Balaban J connectivity index is 1.68. The Kier molecular flexibility index (Phi) is 4.86. The molecule has 3 rings (SSSR count). The summed E-state index contributed by atoms with van der Waals surface area (Å²) in [6.45, 7) is 5.45. The Labute approximate surface area is 150 Å². The van der Waals surface area contributed by atoms with Crippen LogP contribution >= 0.6 is 11.3 Å². The number of rotatable bonds is 4. The predicted octanol–water partition coefficient (Wildman–Crippen LogP) is 4.70. The molecule has 1 N–H and O–H groups in total. The molecule has 1 heterocycles. The largest absolute Gasteiger partial charge is 0.448 e. The van der Waals surface area contributed by atoms with E-state index in [-0.39, 0.29) is 5.91 Å². The Bertz CT molecular complexity index is 912. The maximum atomic E-state index is 12.3. The third-order valence-electron chi connectivity index (χ3n) is 3.93. The van der Waals surface area contributed by atoms with E-state index in [2.05, 4.69) is 5.32 Å². The van der Waals surface area contributed by atoms with Crippen LogP contribution in [0.3, 0.4) is 0 Å². The molecule has 0 radical (unpaired) electrons. The first-order valence-corrected chi connectivity index (χ1v) is 8.83. The van der Waals surface area contributed by atoms with Gasteiger partial charge in [-0.25, -0.2) is 4.79 Å². The average molecular weight is 353 g/mol. The van der Waals surface area contributed by atoms with Gasteiger partial charge in [0.15, 0.2) is 6.10 Å². The monoisotopic (exact) mass is 353 g/mol. The molecule has 25 heavy (non-hydrogen) atoms. The minimum absolute atomic E-state index is 0.344. The Hall–Kier alpha value is -2.66. The fourth-order valence-electron chi connectivity index (χ4n) is 2.46. The normalized spacial score (nSPS) is 12.0. The Morgan fingerprint density at radius 3 is 2.60 bits per heavy atom. The lowest BCUT2D eigenvalue weighted by Crippen LogP contribution is -2.30. The van der Waals surface area contributed by atoms with Crippen molar-refractivity contribution in [2.75, 3.05) is 5.32 Å². The molecule has 0 aliphatic rings. The molecule has 0 saturated carbocycles. The van der Waals surface area contributed by atoms with Crippen LogP contribution in [0.1, 0.15) is 27.7 Å². The molecule has 0 spiro atoms. The lowest BCUT2D eigenvalue weighted by molar-refractivity contribution is -0.123. The number of aryl methyl sites for hydroxylation is 2. The predicted molar refractivity (Wildman–Crippen MR) is 101 cm³/mol. The minimum Gasteiger partial charge on any atom is -0.448 e. The van der Waals surface area contributed by atoms with Crippen molar-refractivity contribution in [3.8, 4) is 0 Å². The van der Waals surface area contributed by atoms with Gasteiger partial charge in [0.2, 0.25) is 0 Å². The molecule has 1 atom stereocenters. The number of fused-ring (bicyclic) bond motifs is 1. The van der Waals surface area contributed by atoms with Crippen LogP contribution in [-0.2, 0) is 9.53 Å². The maximum absolute atomic E-state index is 12.3. The molecule has 0 aliphatic heterocycles. The van der Waals surface area contributed by atoms with E-state index in [1.54, 1.807) is 13.0 Å². The smallest absolute Gasteiger partial charge is 0.349 e. The van der Waals surface area contributed by atoms with E-state index >= 15 is 0 Å².